The topological polar surface area (TPSA) is 128 Å². The van der Waals surface area contributed by atoms with E-state index < -0.39 is 6.23 Å². The van der Waals surface area contributed by atoms with E-state index in [1.807, 2.05) is 30.3 Å². The van der Waals surface area contributed by atoms with Crippen LogP contribution in [0, 0.1) is 5.92 Å². The zero-order valence-corrected chi connectivity index (χ0v) is 19.5. The van der Waals surface area contributed by atoms with Gasteiger partial charge in [0.05, 0.1) is 18.2 Å². The third-order valence-corrected chi connectivity index (χ3v) is 6.51. The molecule has 1 fully saturated rings. The molecule has 0 aliphatic heterocycles. The highest BCUT2D eigenvalue weighted by atomic mass is 16.5. The van der Waals surface area contributed by atoms with Crippen LogP contribution in [0.3, 0.4) is 0 Å². The molecule has 34 heavy (non-hydrogen) atoms. The van der Waals surface area contributed by atoms with Crippen LogP contribution in [-0.4, -0.2) is 27.9 Å². The number of nitrogens with two attached hydrogens (primary N) is 2. The molecule has 3 aromatic rings. The van der Waals surface area contributed by atoms with Crippen molar-refractivity contribution in [1.29, 1.82) is 0 Å². The minimum atomic E-state index is -1.21. The minimum Gasteiger partial charge on any atom is -0.496 e. The zero-order valence-electron chi connectivity index (χ0n) is 19.5. The molecule has 1 aliphatic carbocycles. The second kappa shape index (κ2) is 10.7. The Morgan fingerprint density at radius 3 is 2.56 bits per heavy atom. The highest BCUT2D eigenvalue weighted by molar-refractivity contribution is 5.96. The number of carbonyl (C=O) groups excluding carboxylic acids is 1. The van der Waals surface area contributed by atoms with Gasteiger partial charge in [-0.1, -0.05) is 55.7 Å². The molecule has 1 aromatic heterocycles. The monoisotopic (exact) mass is 463 g/mol. The number of aliphatic hydroxyl groups excluding tert-OH is 1. The highest BCUT2D eigenvalue weighted by Crippen LogP contribution is 2.33. The van der Waals surface area contributed by atoms with Gasteiger partial charge in [0.15, 0.2) is 0 Å². The second-order valence-electron chi connectivity index (χ2n) is 8.86. The van der Waals surface area contributed by atoms with Gasteiger partial charge in [-0.25, -0.2) is 4.68 Å². The summed E-state index contributed by atoms with van der Waals surface area (Å²) in [6.45, 7) is 1.10. The third kappa shape index (κ3) is 5.24. The number of benzene rings is 2. The fourth-order valence-corrected chi connectivity index (χ4v) is 4.64. The summed E-state index contributed by atoms with van der Waals surface area (Å²) >= 11 is 0. The van der Waals surface area contributed by atoms with Crippen molar-refractivity contribution >= 4 is 11.7 Å². The number of amides is 1. The number of anilines is 1. The van der Waals surface area contributed by atoms with Crippen LogP contribution in [0.1, 0.15) is 59.8 Å². The van der Waals surface area contributed by atoms with E-state index in [0.29, 0.717) is 40.9 Å². The Kier molecular flexibility index (Phi) is 7.49. The highest BCUT2D eigenvalue weighted by Gasteiger charge is 2.23. The Morgan fingerprint density at radius 2 is 1.88 bits per heavy atom. The standard InChI is InChI=1S/C26H33N5O3/c1-34-21-10-6-5-9-20(21)26(33)29-15-17-11-13-19(14-12-17)23-22(25(28)32)24(27)31(30-23)16-18-7-3-2-4-8-18/h5-6,9-14,18,25,32H,2-4,7-8,15-16,27-28H2,1H3,(H,29,33). The van der Waals surface area contributed by atoms with E-state index in [-0.39, 0.29) is 5.91 Å². The normalized spacial score (nSPS) is 15.1. The maximum absolute atomic E-state index is 12.6. The summed E-state index contributed by atoms with van der Waals surface area (Å²) in [7, 11) is 1.54. The molecule has 8 nitrogen and oxygen atoms in total. The Hall–Kier alpha value is -3.36. The van der Waals surface area contributed by atoms with Gasteiger partial charge < -0.3 is 26.6 Å². The number of nitrogens with one attached hydrogen (secondary N) is 1. The first-order valence-electron chi connectivity index (χ1n) is 11.8. The quantitative estimate of drug-likeness (QED) is 0.378. The zero-order chi connectivity index (χ0) is 24.1. The number of nitrogens with zero attached hydrogens (tertiary/aromatic N) is 2. The van der Waals surface area contributed by atoms with E-state index in [1.165, 1.54) is 32.1 Å². The molecule has 0 bridgehead atoms. The molecule has 1 heterocycles. The van der Waals surface area contributed by atoms with Crippen LogP contribution in [0.2, 0.25) is 0 Å². The van der Waals surface area contributed by atoms with Gasteiger partial charge in [0.25, 0.3) is 5.91 Å². The van der Waals surface area contributed by atoms with Crippen molar-refractivity contribution in [3.63, 3.8) is 0 Å². The van der Waals surface area contributed by atoms with E-state index in [4.69, 9.17) is 21.3 Å². The van der Waals surface area contributed by atoms with E-state index in [9.17, 15) is 9.90 Å². The summed E-state index contributed by atoms with van der Waals surface area (Å²) in [5.74, 6) is 1.29. The van der Waals surface area contributed by atoms with E-state index >= 15 is 0 Å². The van der Waals surface area contributed by atoms with Gasteiger partial charge >= 0.3 is 0 Å². The van der Waals surface area contributed by atoms with Gasteiger partial charge in [-0.2, -0.15) is 5.10 Å². The number of rotatable bonds is 8. The van der Waals surface area contributed by atoms with Crippen molar-refractivity contribution < 1.29 is 14.6 Å². The molecule has 8 heteroatoms. The van der Waals surface area contributed by atoms with Crippen molar-refractivity contribution in [2.45, 2.75) is 51.4 Å². The molecule has 2 aromatic carbocycles. The summed E-state index contributed by atoms with van der Waals surface area (Å²) in [5, 5.41) is 17.8. The maximum Gasteiger partial charge on any atom is 0.255 e. The average Bonchev–Trinajstić information content (AvgIpc) is 3.19. The first-order chi connectivity index (χ1) is 16.5. The van der Waals surface area contributed by atoms with E-state index in [0.717, 1.165) is 17.7 Å². The van der Waals surface area contributed by atoms with Gasteiger partial charge in [0.1, 0.15) is 23.5 Å². The molecular weight excluding hydrogens is 430 g/mol. The smallest absolute Gasteiger partial charge is 0.255 e. The van der Waals surface area contributed by atoms with Crippen molar-refractivity contribution in [3.8, 4) is 17.0 Å². The van der Waals surface area contributed by atoms with Gasteiger partial charge in [-0.15, -0.1) is 0 Å². The van der Waals surface area contributed by atoms with Crippen LogP contribution in [0.15, 0.2) is 48.5 Å². The first kappa shape index (κ1) is 23.8. The minimum absolute atomic E-state index is 0.204. The first-order valence-corrected chi connectivity index (χ1v) is 11.8. The molecule has 6 N–H and O–H groups in total. The van der Waals surface area contributed by atoms with Crippen molar-refractivity contribution in [3.05, 3.63) is 65.2 Å². The molecule has 0 saturated heterocycles. The molecule has 0 radical (unpaired) electrons. The van der Waals surface area contributed by atoms with Crippen LogP contribution >= 0.6 is 0 Å². The second-order valence-corrected chi connectivity index (χ2v) is 8.86. The molecule has 0 spiro atoms. The predicted octanol–water partition coefficient (Wildman–Crippen LogP) is 3.60. The lowest BCUT2D eigenvalue weighted by Crippen LogP contribution is -2.23. The van der Waals surface area contributed by atoms with Crippen LogP contribution in [0.4, 0.5) is 5.82 Å². The van der Waals surface area contributed by atoms with Gasteiger partial charge in [0.2, 0.25) is 0 Å². The summed E-state index contributed by atoms with van der Waals surface area (Å²) in [5.41, 5.74) is 15.5. The Labute approximate surface area is 199 Å². The molecule has 1 unspecified atom stereocenters. The third-order valence-electron chi connectivity index (χ3n) is 6.51. The number of carbonyl (C=O) groups is 1. The SMILES string of the molecule is COc1ccccc1C(=O)NCc1ccc(-c2nn(CC3CCCCC3)c(N)c2C(N)O)cc1. The maximum atomic E-state index is 12.6. The average molecular weight is 464 g/mol. The summed E-state index contributed by atoms with van der Waals surface area (Å²) < 4.78 is 7.05. The lowest BCUT2D eigenvalue weighted by atomic mass is 9.89. The molecule has 1 amide bonds. The summed E-state index contributed by atoms with van der Waals surface area (Å²) in [6.07, 6.45) is 4.89. The van der Waals surface area contributed by atoms with Gasteiger partial charge in [0, 0.05) is 18.7 Å². The molecule has 1 saturated carbocycles. The number of aromatic nitrogens is 2. The Morgan fingerprint density at radius 1 is 1.18 bits per heavy atom. The number of ether oxygens (including phenoxy) is 1. The van der Waals surface area contributed by atoms with E-state index in [1.54, 1.807) is 30.0 Å². The lowest BCUT2D eigenvalue weighted by Gasteiger charge is -2.21. The Balaban J connectivity index is 1.48. The molecule has 4 rings (SSSR count). The van der Waals surface area contributed by atoms with E-state index in [2.05, 4.69) is 5.32 Å². The summed E-state index contributed by atoms with van der Waals surface area (Å²) in [6, 6.07) is 14.8. The molecule has 180 valence electrons. The number of methoxy groups -OCH3 is 1. The predicted molar refractivity (Wildman–Crippen MR) is 132 cm³/mol. The number of hydrogen-bond acceptors (Lipinski definition) is 6. The molecular formula is C26H33N5O3. The number of aliphatic hydroxyl groups is 1. The number of para-hydroxylation sites is 1. The largest absolute Gasteiger partial charge is 0.496 e. The molecule has 1 aliphatic rings. The lowest BCUT2D eigenvalue weighted by molar-refractivity contribution is 0.0948. The van der Waals surface area contributed by atoms with Crippen LogP contribution in [0.25, 0.3) is 11.3 Å². The summed E-state index contributed by atoms with van der Waals surface area (Å²) in [4.78, 5) is 12.6. The van der Waals surface area contributed by atoms with Crippen LogP contribution in [-0.2, 0) is 13.1 Å². The van der Waals surface area contributed by atoms with Crippen LogP contribution in [0.5, 0.6) is 5.75 Å². The fourth-order valence-electron chi connectivity index (χ4n) is 4.64. The van der Waals surface area contributed by atoms with Gasteiger partial charge in [-0.05, 0) is 36.5 Å². The van der Waals surface area contributed by atoms with Crippen molar-refractivity contribution in [2.75, 3.05) is 12.8 Å². The number of hydrogen-bond donors (Lipinski definition) is 4. The van der Waals surface area contributed by atoms with Crippen molar-refractivity contribution in [1.82, 2.24) is 15.1 Å². The van der Waals surface area contributed by atoms with Gasteiger partial charge in [-0.3, -0.25) is 4.79 Å². The van der Waals surface area contributed by atoms with Crippen molar-refractivity contribution in [2.24, 2.45) is 11.7 Å². The molecule has 1 atom stereocenters. The fraction of sp³-hybridized carbons (Fsp3) is 0.385. The van der Waals surface area contributed by atoms with Crippen LogP contribution < -0.4 is 21.5 Å². The number of nitrogen functional groups attached to an aromatic ring is 1. The Bertz CT molecular complexity index is 1120.